The maximum atomic E-state index is 5.33. The lowest BCUT2D eigenvalue weighted by atomic mass is 10.2. The van der Waals surface area contributed by atoms with E-state index in [1.54, 1.807) is 0 Å². The Morgan fingerprint density at radius 3 is 2.81 bits per heavy atom. The summed E-state index contributed by atoms with van der Waals surface area (Å²) < 4.78 is 5.33. The summed E-state index contributed by atoms with van der Waals surface area (Å²) in [5, 5.41) is 6.77. The molecule has 0 saturated heterocycles. The van der Waals surface area contributed by atoms with E-state index >= 15 is 0 Å². The van der Waals surface area contributed by atoms with Crippen molar-refractivity contribution in [1.82, 2.24) is 10.6 Å². The number of guanidine groups is 1. The third kappa shape index (κ3) is 8.07. The third-order valence-electron chi connectivity index (χ3n) is 2.95. The first-order valence-corrected chi connectivity index (χ1v) is 8.65. The topological polar surface area (TPSA) is 45.7 Å². The molecule has 4 nitrogen and oxygen atoms in total. The summed E-state index contributed by atoms with van der Waals surface area (Å²) >= 11 is 1.87. The van der Waals surface area contributed by atoms with Crippen LogP contribution in [-0.4, -0.2) is 38.3 Å². The third-order valence-corrected chi connectivity index (χ3v) is 3.97. The Hall–Kier alpha value is -1.07. The van der Waals surface area contributed by atoms with Crippen molar-refractivity contribution >= 4 is 17.3 Å². The molecule has 0 radical (unpaired) electrons. The first-order valence-electron chi connectivity index (χ1n) is 7.83. The maximum Gasteiger partial charge on any atom is 0.191 e. The van der Waals surface area contributed by atoms with Crippen molar-refractivity contribution in [2.24, 2.45) is 4.99 Å². The number of aliphatic imine (C=N–C) groups is 1. The van der Waals surface area contributed by atoms with Crippen molar-refractivity contribution in [2.75, 3.05) is 26.3 Å². The fourth-order valence-corrected chi connectivity index (χ4v) is 3.02. The fourth-order valence-electron chi connectivity index (χ4n) is 2.00. The Balaban J connectivity index is 2.39. The Kier molecular flexibility index (Phi) is 9.10. The summed E-state index contributed by atoms with van der Waals surface area (Å²) in [6.07, 6.45) is 1.99. The summed E-state index contributed by atoms with van der Waals surface area (Å²) in [5.41, 5.74) is 0. The maximum absolute atomic E-state index is 5.33. The molecular weight excluding hydrogens is 282 g/mol. The van der Waals surface area contributed by atoms with Crippen LogP contribution in [0.2, 0.25) is 0 Å². The van der Waals surface area contributed by atoms with Crippen LogP contribution in [0.1, 0.15) is 36.9 Å². The molecule has 1 unspecified atom stereocenters. The number of nitrogens with zero attached hydrogens (tertiary/aromatic N) is 1. The second kappa shape index (κ2) is 10.6. The van der Waals surface area contributed by atoms with Gasteiger partial charge in [0.1, 0.15) is 0 Å². The molecular formula is C16H29N3OS. The molecule has 1 atom stereocenters. The van der Waals surface area contributed by atoms with Gasteiger partial charge in [0.05, 0.1) is 0 Å². The monoisotopic (exact) mass is 311 g/mol. The molecule has 1 rings (SSSR count). The Morgan fingerprint density at radius 2 is 2.19 bits per heavy atom. The quantitative estimate of drug-likeness (QED) is 0.419. The zero-order valence-corrected chi connectivity index (χ0v) is 14.6. The average molecular weight is 311 g/mol. The van der Waals surface area contributed by atoms with Crippen molar-refractivity contribution in [2.45, 2.75) is 46.6 Å². The lowest BCUT2D eigenvalue weighted by Crippen LogP contribution is -2.43. The largest absolute Gasteiger partial charge is 0.382 e. The first-order chi connectivity index (χ1) is 10.2. The Labute approximate surface area is 133 Å². The molecule has 0 aliphatic rings. The van der Waals surface area contributed by atoms with Gasteiger partial charge in [0, 0.05) is 48.5 Å². The molecule has 0 spiro atoms. The van der Waals surface area contributed by atoms with Crippen LogP contribution in [0.4, 0.5) is 0 Å². The van der Waals surface area contributed by atoms with Gasteiger partial charge in [-0.2, -0.15) is 0 Å². The van der Waals surface area contributed by atoms with Gasteiger partial charge in [-0.15, -0.1) is 11.3 Å². The summed E-state index contributed by atoms with van der Waals surface area (Å²) in [7, 11) is 0. The molecule has 1 aromatic rings. The molecule has 0 saturated carbocycles. The number of ether oxygens (including phenoxy) is 1. The van der Waals surface area contributed by atoms with E-state index in [1.165, 1.54) is 9.75 Å². The molecule has 2 N–H and O–H groups in total. The van der Waals surface area contributed by atoms with Gasteiger partial charge in [-0.25, -0.2) is 0 Å². The molecule has 0 aromatic carbocycles. The number of aryl methyl sites for hydroxylation is 1. The predicted molar refractivity (Wildman–Crippen MR) is 92.4 cm³/mol. The standard InChI is InChI=1S/C16H29N3OS/c1-5-17-16(18-10-7-11-20-6-2)19-13(3)12-15-9-8-14(4)21-15/h8-9,13H,5-7,10-12H2,1-4H3,(H2,17,18,19). The van der Waals surface area contributed by atoms with Gasteiger partial charge >= 0.3 is 0 Å². The van der Waals surface area contributed by atoms with E-state index in [9.17, 15) is 0 Å². The summed E-state index contributed by atoms with van der Waals surface area (Å²) in [6, 6.07) is 4.76. The normalized spacial score (nSPS) is 13.2. The Morgan fingerprint density at radius 1 is 1.38 bits per heavy atom. The predicted octanol–water partition coefficient (Wildman–Crippen LogP) is 2.97. The average Bonchev–Trinajstić information content (AvgIpc) is 2.83. The van der Waals surface area contributed by atoms with Crippen molar-refractivity contribution in [3.05, 3.63) is 21.9 Å². The minimum atomic E-state index is 0.368. The Bertz CT molecular complexity index is 417. The van der Waals surface area contributed by atoms with Crippen molar-refractivity contribution in [3.8, 4) is 0 Å². The lowest BCUT2D eigenvalue weighted by molar-refractivity contribution is 0.146. The van der Waals surface area contributed by atoms with E-state index in [2.05, 4.69) is 48.5 Å². The minimum Gasteiger partial charge on any atom is -0.382 e. The van der Waals surface area contributed by atoms with E-state index in [1.807, 2.05) is 18.3 Å². The van der Waals surface area contributed by atoms with E-state index in [0.29, 0.717) is 6.04 Å². The van der Waals surface area contributed by atoms with Gasteiger partial charge in [-0.1, -0.05) is 0 Å². The summed E-state index contributed by atoms with van der Waals surface area (Å²) in [6.45, 7) is 11.7. The van der Waals surface area contributed by atoms with Gasteiger partial charge in [-0.05, 0) is 46.2 Å². The van der Waals surface area contributed by atoms with E-state index < -0.39 is 0 Å². The van der Waals surface area contributed by atoms with Crippen LogP contribution in [0, 0.1) is 6.92 Å². The van der Waals surface area contributed by atoms with E-state index in [-0.39, 0.29) is 0 Å². The number of thiophene rings is 1. The molecule has 120 valence electrons. The molecule has 1 heterocycles. The second-order valence-electron chi connectivity index (χ2n) is 5.07. The van der Waals surface area contributed by atoms with Crippen LogP contribution < -0.4 is 10.6 Å². The molecule has 5 heteroatoms. The minimum absolute atomic E-state index is 0.368. The van der Waals surface area contributed by atoms with Crippen LogP contribution >= 0.6 is 11.3 Å². The molecule has 0 amide bonds. The SMILES string of the molecule is CCNC(=NCCCOCC)NC(C)Cc1ccc(C)s1. The van der Waals surface area contributed by atoms with Gasteiger partial charge in [0.2, 0.25) is 0 Å². The fraction of sp³-hybridized carbons (Fsp3) is 0.688. The number of nitrogens with one attached hydrogen (secondary N) is 2. The van der Waals surface area contributed by atoms with Crippen molar-refractivity contribution in [3.63, 3.8) is 0 Å². The molecule has 0 fully saturated rings. The van der Waals surface area contributed by atoms with E-state index in [0.717, 1.165) is 45.1 Å². The van der Waals surface area contributed by atoms with Crippen molar-refractivity contribution in [1.29, 1.82) is 0 Å². The highest BCUT2D eigenvalue weighted by molar-refractivity contribution is 7.11. The first kappa shape index (κ1) is 18.0. The summed E-state index contributed by atoms with van der Waals surface area (Å²) in [5.74, 6) is 0.898. The van der Waals surface area contributed by atoms with Gasteiger partial charge in [-0.3, -0.25) is 4.99 Å². The van der Waals surface area contributed by atoms with Crippen LogP contribution in [0.5, 0.6) is 0 Å². The zero-order valence-electron chi connectivity index (χ0n) is 13.7. The number of hydrogen-bond acceptors (Lipinski definition) is 3. The highest BCUT2D eigenvalue weighted by Gasteiger charge is 2.07. The molecule has 1 aromatic heterocycles. The summed E-state index contributed by atoms with van der Waals surface area (Å²) in [4.78, 5) is 7.38. The van der Waals surface area contributed by atoms with Crippen LogP contribution in [0.15, 0.2) is 17.1 Å². The lowest BCUT2D eigenvalue weighted by Gasteiger charge is -2.17. The highest BCUT2D eigenvalue weighted by atomic mass is 32.1. The number of rotatable bonds is 9. The van der Waals surface area contributed by atoms with Crippen molar-refractivity contribution < 1.29 is 4.74 Å². The molecule has 21 heavy (non-hydrogen) atoms. The molecule has 0 aliphatic heterocycles. The van der Waals surface area contributed by atoms with Crippen LogP contribution in [-0.2, 0) is 11.2 Å². The van der Waals surface area contributed by atoms with Gasteiger partial charge in [0.15, 0.2) is 5.96 Å². The van der Waals surface area contributed by atoms with Crippen LogP contribution in [0.3, 0.4) is 0 Å². The molecule has 0 aliphatic carbocycles. The van der Waals surface area contributed by atoms with Gasteiger partial charge in [0.25, 0.3) is 0 Å². The van der Waals surface area contributed by atoms with E-state index in [4.69, 9.17) is 4.74 Å². The number of hydrogen-bond donors (Lipinski definition) is 2. The van der Waals surface area contributed by atoms with Crippen LogP contribution in [0.25, 0.3) is 0 Å². The highest BCUT2D eigenvalue weighted by Crippen LogP contribution is 2.16. The molecule has 0 bridgehead atoms. The smallest absolute Gasteiger partial charge is 0.191 e. The van der Waals surface area contributed by atoms with Gasteiger partial charge < -0.3 is 15.4 Å². The second-order valence-corrected chi connectivity index (χ2v) is 6.45. The zero-order chi connectivity index (χ0) is 15.5.